The molecule has 4 heterocycles. The molecule has 0 unspecified atom stereocenters. The van der Waals surface area contributed by atoms with Crippen molar-refractivity contribution in [1.29, 1.82) is 0 Å². The van der Waals surface area contributed by atoms with Crippen molar-refractivity contribution in [3.8, 4) is 17.0 Å². The molecule has 0 amide bonds. The molecule has 0 spiro atoms. The molecule has 0 aliphatic carbocycles. The van der Waals surface area contributed by atoms with Gasteiger partial charge in [0, 0.05) is 30.1 Å². The summed E-state index contributed by atoms with van der Waals surface area (Å²) in [6.07, 6.45) is 5.64. The molecule has 0 saturated heterocycles. The van der Waals surface area contributed by atoms with Crippen LogP contribution in [0.15, 0.2) is 79.3 Å². The van der Waals surface area contributed by atoms with Crippen molar-refractivity contribution in [1.82, 2.24) is 15.0 Å². The van der Waals surface area contributed by atoms with Crippen LogP contribution in [0.4, 0.5) is 17.1 Å². The van der Waals surface area contributed by atoms with Crippen molar-refractivity contribution in [2.45, 2.75) is 0 Å². The van der Waals surface area contributed by atoms with Crippen LogP contribution in [0.5, 0.6) is 5.88 Å². The van der Waals surface area contributed by atoms with E-state index in [4.69, 9.17) is 9.72 Å². The number of hydrogen-bond donors (Lipinski definition) is 0. The minimum Gasteiger partial charge on any atom is -0.481 e. The molecule has 6 nitrogen and oxygen atoms in total. The molecule has 156 valence electrons. The largest absolute Gasteiger partial charge is 0.481 e. The zero-order valence-electron chi connectivity index (χ0n) is 17.9. The first-order chi connectivity index (χ1) is 15.7. The third-order valence-electron chi connectivity index (χ3n) is 6.04. The van der Waals surface area contributed by atoms with E-state index in [9.17, 15) is 0 Å². The highest BCUT2D eigenvalue weighted by Crippen LogP contribution is 2.44. The van der Waals surface area contributed by atoms with E-state index in [-0.39, 0.29) is 0 Å². The Hall–Kier alpha value is -4.19. The Kier molecular flexibility index (Phi) is 4.18. The minimum atomic E-state index is 0.605. The molecular formula is C26H21N5O. The lowest BCUT2D eigenvalue weighted by Gasteiger charge is -2.20. The van der Waals surface area contributed by atoms with Crippen LogP contribution in [0.1, 0.15) is 0 Å². The number of methoxy groups -OCH3 is 1. The second kappa shape index (κ2) is 7.20. The molecule has 0 N–H and O–H groups in total. The summed E-state index contributed by atoms with van der Waals surface area (Å²) < 4.78 is 5.23. The van der Waals surface area contributed by atoms with E-state index >= 15 is 0 Å². The lowest BCUT2D eigenvalue weighted by Crippen LogP contribution is -2.24. The predicted molar refractivity (Wildman–Crippen MR) is 129 cm³/mol. The second-order valence-corrected chi connectivity index (χ2v) is 7.96. The Morgan fingerprint density at radius 2 is 1.72 bits per heavy atom. The molecule has 3 aromatic heterocycles. The average molecular weight is 419 g/mol. The Morgan fingerprint density at radius 1 is 0.844 bits per heavy atom. The summed E-state index contributed by atoms with van der Waals surface area (Å²) in [6, 6.07) is 20.9. The fourth-order valence-corrected chi connectivity index (χ4v) is 4.38. The number of ether oxygens (including phenoxy) is 1. The molecule has 6 heteroatoms. The number of aromatic nitrogens is 3. The van der Waals surface area contributed by atoms with Gasteiger partial charge in [-0.3, -0.25) is 9.97 Å². The zero-order chi connectivity index (χ0) is 21.7. The summed E-state index contributed by atoms with van der Waals surface area (Å²) in [5, 5.41) is 2.25. The summed E-state index contributed by atoms with van der Waals surface area (Å²) in [4.78, 5) is 18.1. The molecular weight excluding hydrogens is 398 g/mol. The molecule has 1 aliphatic rings. The van der Waals surface area contributed by atoms with E-state index in [2.05, 4.69) is 69.3 Å². The van der Waals surface area contributed by atoms with Crippen LogP contribution >= 0.6 is 0 Å². The van der Waals surface area contributed by atoms with Crippen LogP contribution in [-0.2, 0) is 0 Å². The summed E-state index contributed by atoms with van der Waals surface area (Å²) in [7, 11) is 3.71. The van der Waals surface area contributed by atoms with Gasteiger partial charge < -0.3 is 14.5 Å². The fourth-order valence-electron chi connectivity index (χ4n) is 4.38. The highest BCUT2D eigenvalue weighted by atomic mass is 16.5. The Balaban J connectivity index is 1.52. The van der Waals surface area contributed by atoms with Crippen molar-refractivity contribution < 1.29 is 4.74 Å². The molecule has 2 aromatic carbocycles. The monoisotopic (exact) mass is 419 g/mol. The average Bonchev–Trinajstić information content (AvgIpc) is 3.20. The van der Waals surface area contributed by atoms with Crippen molar-refractivity contribution in [3.63, 3.8) is 0 Å². The predicted octanol–water partition coefficient (Wildman–Crippen LogP) is 5.40. The Labute approximate surface area is 185 Å². The molecule has 0 fully saturated rings. The van der Waals surface area contributed by atoms with Crippen molar-refractivity contribution in [2.24, 2.45) is 0 Å². The van der Waals surface area contributed by atoms with E-state index in [0.29, 0.717) is 5.88 Å². The van der Waals surface area contributed by atoms with Crippen LogP contribution in [-0.4, -0.2) is 35.8 Å². The SMILES string of the molecule is COc1ccc(N2CN(C)c3cnc4ccc(-c5ccc6cccnc6c5)cc4c32)cn1. The number of pyridine rings is 3. The Morgan fingerprint density at radius 3 is 2.56 bits per heavy atom. The summed E-state index contributed by atoms with van der Waals surface area (Å²) >= 11 is 0. The number of anilines is 3. The van der Waals surface area contributed by atoms with Gasteiger partial charge in [-0.1, -0.05) is 24.3 Å². The first-order valence-electron chi connectivity index (χ1n) is 10.5. The van der Waals surface area contributed by atoms with Crippen molar-refractivity contribution in [2.75, 3.05) is 30.6 Å². The number of rotatable bonds is 3. The highest BCUT2D eigenvalue weighted by molar-refractivity contribution is 6.04. The van der Waals surface area contributed by atoms with Crippen molar-refractivity contribution >= 4 is 38.9 Å². The third kappa shape index (κ3) is 2.92. The molecule has 0 atom stereocenters. The third-order valence-corrected chi connectivity index (χ3v) is 6.04. The maximum Gasteiger partial charge on any atom is 0.213 e. The number of nitrogens with zero attached hydrogens (tertiary/aromatic N) is 5. The van der Waals surface area contributed by atoms with Crippen LogP contribution in [0.3, 0.4) is 0 Å². The Bertz CT molecular complexity index is 1470. The van der Waals surface area contributed by atoms with E-state index in [1.54, 1.807) is 7.11 Å². The molecule has 0 radical (unpaired) electrons. The first kappa shape index (κ1) is 18.6. The summed E-state index contributed by atoms with van der Waals surface area (Å²) in [5.41, 5.74) is 7.50. The van der Waals surface area contributed by atoms with E-state index in [1.807, 2.05) is 36.8 Å². The first-order valence-corrected chi connectivity index (χ1v) is 10.5. The quantitative estimate of drug-likeness (QED) is 0.390. The van der Waals surface area contributed by atoms with Gasteiger partial charge >= 0.3 is 0 Å². The molecule has 5 aromatic rings. The number of benzene rings is 2. The van der Waals surface area contributed by atoms with Gasteiger partial charge in [0.05, 0.1) is 54.3 Å². The lowest BCUT2D eigenvalue weighted by atomic mass is 10.0. The minimum absolute atomic E-state index is 0.605. The molecule has 6 rings (SSSR count). The number of fused-ring (bicyclic) bond motifs is 4. The highest BCUT2D eigenvalue weighted by Gasteiger charge is 2.27. The van der Waals surface area contributed by atoms with Crippen LogP contribution in [0, 0.1) is 0 Å². The normalized spacial score (nSPS) is 13.1. The fraction of sp³-hybridized carbons (Fsp3) is 0.115. The zero-order valence-corrected chi connectivity index (χ0v) is 17.9. The molecule has 0 bridgehead atoms. The number of hydrogen-bond acceptors (Lipinski definition) is 6. The topological polar surface area (TPSA) is 54.4 Å². The van der Waals surface area contributed by atoms with Gasteiger partial charge in [-0.25, -0.2) is 4.98 Å². The smallest absolute Gasteiger partial charge is 0.213 e. The van der Waals surface area contributed by atoms with Gasteiger partial charge in [0.2, 0.25) is 5.88 Å². The standard InChI is InChI=1S/C26H21N5O/c1-30-16-31(20-8-10-25(32-2)29-14-20)26-21-12-18(7-9-22(21)28-15-24(26)30)19-6-5-17-4-3-11-27-23(17)13-19/h3-15H,16H2,1-2H3. The van der Waals surface area contributed by atoms with Gasteiger partial charge in [-0.05, 0) is 41.5 Å². The summed E-state index contributed by atoms with van der Waals surface area (Å²) in [6.45, 7) is 0.730. The van der Waals surface area contributed by atoms with E-state index < -0.39 is 0 Å². The van der Waals surface area contributed by atoms with Crippen LogP contribution in [0.2, 0.25) is 0 Å². The van der Waals surface area contributed by atoms with Crippen LogP contribution in [0.25, 0.3) is 32.9 Å². The second-order valence-electron chi connectivity index (χ2n) is 7.96. The van der Waals surface area contributed by atoms with Gasteiger partial charge in [0.25, 0.3) is 0 Å². The molecule has 1 aliphatic heterocycles. The molecule has 0 saturated carbocycles. The molecule has 32 heavy (non-hydrogen) atoms. The van der Waals surface area contributed by atoms with E-state index in [0.717, 1.165) is 56.7 Å². The van der Waals surface area contributed by atoms with Crippen LogP contribution < -0.4 is 14.5 Å². The van der Waals surface area contributed by atoms with Gasteiger partial charge in [0.1, 0.15) is 0 Å². The van der Waals surface area contributed by atoms with Gasteiger partial charge in [-0.2, -0.15) is 0 Å². The van der Waals surface area contributed by atoms with Gasteiger partial charge in [0.15, 0.2) is 0 Å². The van der Waals surface area contributed by atoms with Crippen molar-refractivity contribution in [3.05, 3.63) is 79.3 Å². The maximum absolute atomic E-state index is 5.23. The summed E-state index contributed by atoms with van der Waals surface area (Å²) in [5.74, 6) is 0.605. The van der Waals surface area contributed by atoms with E-state index in [1.165, 1.54) is 0 Å². The maximum atomic E-state index is 5.23. The lowest BCUT2D eigenvalue weighted by molar-refractivity contribution is 0.398. The van der Waals surface area contributed by atoms with Gasteiger partial charge in [-0.15, -0.1) is 0 Å².